The van der Waals surface area contributed by atoms with Crippen molar-refractivity contribution >= 4 is 22.6 Å². The van der Waals surface area contributed by atoms with Gasteiger partial charge >= 0.3 is 0 Å². The van der Waals surface area contributed by atoms with Crippen LogP contribution in [0.4, 0.5) is 5.69 Å². The lowest BCUT2D eigenvalue weighted by Crippen LogP contribution is -2.35. The molecule has 2 heterocycles. The number of nitrogens with zero attached hydrogens (tertiary/aromatic N) is 1. The van der Waals surface area contributed by atoms with Crippen LogP contribution in [0, 0.1) is 0 Å². The van der Waals surface area contributed by atoms with Gasteiger partial charge in [0.25, 0.3) is 5.91 Å². The Morgan fingerprint density at radius 3 is 2.84 bits per heavy atom. The molecule has 1 aliphatic rings. The lowest BCUT2D eigenvalue weighted by Gasteiger charge is -2.22. The Morgan fingerprint density at radius 2 is 2.00 bits per heavy atom. The molecule has 0 fully saturated rings. The Bertz CT molecular complexity index is 882. The van der Waals surface area contributed by atoms with Crippen molar-refractivity contribution in [1.29, 1.82) is 0 Å². The minimum Gasteiger partial charge on any atom is -0.456 e. The van der Waals surface area contributed by atoms with Crippen molar-refractivity contribution in [2.45, 2.75) is 6.61 Å². The predicted molar refractivity (Wildman–Crippen MR) is 95.5 cm³/mol. The molecular weight excluding hydrogens is 318 g/mol. The number of ether oxygens (including phenoxy) is 2. The van der Waals surface area contributed by atoms with E-state index in [0.717, 1.165) is 33.5 Å². The molecule has 1 amide bonds. The van der Waals surface area contributed by atoms with E-state index in [-0.39, 0.29) is 12.5 Å². The first-order chi connectivity index (χ1) is 12.3. The zero-order valence-corrected chi connectivity index (χ0v) is 14.0. The molecular formula is C20H19NO4. The normalized spacial score (nSPS) is 14.6. The van der Waals surface area contributed by atoms with E-state index in [1.807, 2.05) is 48.5 Å². The first-order valence-corrected chi connectivity index (χ1v) is 8.25. The molecule has 1 aromatic heterocycles. The first-order valence-electron chi connectivity index (χ1n) is 8.25. The molecule has 0 saturated heterocycles. The Kier molecular flexibility index (Phi) is 4.26. The number of rotatable bonds is 4. The number of furan rings is 1. The Balaban J connectivity index is 1.73. The summed E-state index contributed by atoms with van der Waals surface area (Å²) in [5.74, 6) is 0.760. The highest BCUT2D eigenvalue weighted by molar-refractivity contribution is 5.96. The Labute approximate surface area is 145 Å². The molecule has 3 aromatic rings. The van der Waals surface area contributed by atoms with Crippen LogP contribution in [0.3, 0.4) is 0 Å². The maximum atomic E-state index is 12.3. The number of hydrogen-bond acceptors (Lipinski definition) is 4. The molecule has 4 rings (SSSR count). The van der Waals surface area contributed by atoms with Crippen LogP contribution in [-0.2, 0) is 20.9 Å². The van der Waals surface area contributed by atoms with Gasteiger partial charge in [0.05, 0.1) is 13.2 Å². The topological polar surface area (TPSA) is 51.9 Å². The van der Waals surface area contributed by atoms with Gasteiger partial charge in [0.2, 0.25) is 0 Å². The zero-order valence-electron chi connectivity index (χ0n) is 14.0. The molecule has 5 heteroatoms. The van der Waals surface area contributed by atoms with Crippen molar-refractivity contribution in [3.63, 3.8) is 0 Å². The standard InChI is InChI=1S/C20H19NO4/c1-23-9-8-21-17-7-6-15(10-16(17)12-24-13-20(21)22)19-11-14-4-2-3-5-18(14)25-19/h2-7,10-11H,8-9,12-13H2,1H3. The number of carbonyl (C=O) groups excluding carboxylic acids is 1. The average Bonchev–Trinajstić information content (AvgIpc) is 3.00. The average molecular weight is 337 g/mol. The summed E-state index contributed by atoms with van der Waals surface area (Å²) in [7, 11) is 1.63. The molecule has 0 unspecified atom stereocenters. The van der Waals surface area contributed by atoms with Crippen molar-refractivity contribution in [3.05, 3.63) is 54.1 Å². The summed E-state index contributed by atoms with van der Waals surface area (Å²) in [6, 6.07) is 15.9. The molecule has 0 spiro atoms. The third-order valence-electron chi connectivity index (χ3n) is 4.38. The van der Waals surface area contributed by atoms with E-state index in [2.05, 4.69) is 0 Å². The lowest BCUT2D eigenvalue weighted by molar-refractivity contribution is -0.123. The van der Waals surface area contributed by atoms with Crippen LogP contribution in [0.5, 0.6) is 0 Å². The molecule has 5 nitrogen and oxygen atoms in total. The summed E-state index contributed by atoms with van der Waals surface area (Å²) in [5.41, 5.74) is 3.68. The van der Waals surface area contributed by atoms with Gasteiger partial charge < -0.3 is 18.8 Å². The molecule has 2 aromatic carbocycles. The fourth-order valence-corrected chi connectivity index (χ4v) is 3.13. The first kappa shape index (κ1) is 15.9. The molecule has 0 atom stereocenters. The highest BCUT2D eigenvalue weighted by Crippen LogP contribution is 2.32. The molecule has 0 saturated carbocycles. The number of anilines is 1. The molecule has 0 aliphatic carbocycles. The van der Waals surface area contributed by atoms with E-state index in [0.29, 0.717) is 19.8 Å². The van der Waals surface area contributed by atoms with Crippen LogP contribution in [0.2, 0.25) is 0 Å². The summed E-state index contributed by atoms with van der Waals surface area (Å²) in [5, 5.41) is 1.07. The largest absolute Gasteiger partial charge is 0.456 e. The smallest absolute Gasteiger partial charge is 0.253 e. The Hall–Kier alpha value is -2.63. The molecule has 0 N–H and O–H groups in total. The van der Waals surface area contributed by atoms with Crippen LogP contribution in [-0.4, -0.2) is 32.8 Å². The van der Waals surface area contributed by atoms with Gasteiger partial charge in [-0.25, -0.2) is 0 Å². The van der Waals surface area contributed by atoms with Gasteiger partial charge in [0.1, 0.15) is 18.0 Å². The van der Waals surface area contributed by atoms with Gasteiger partial charge in [0, 0.05) is 35.9 Å². The molecule has 1 aliphatic heterocycles. The number of methoxy groups -OCH3 is 1. The van der Waals surface area contributed by atoms with E-state index in [1.165, 1.54) is 0 Å². The number of fused-ring (bicyclic) bond motifs is 2. The van der Waals surface area contributed by atoms with Crippen LogP contribution >= 0.6 is 0 Å². The fourth-order valence-electron chi connectivity index (χ4n) is 3.13. The quantitative estimate of drug-likeness (QED) is 0.730. The number of para-hydroxylation sites is 1. The van der Waals surface area contributed by atoms with Crippen molar-refractivity contribution in [3.8, 4) is 11.3 Å². The molecule has 0 radical (unpaired) electrons. The van der Waals surface area contributed by atoms with Gasteiger partial charge in [-0.2, -0.15) is 0 Å². The number of hydrogen-bond donors (Lipinski definition) is 0. The van der Waals surface area contributed by atoms with E-state index < -0.39 is 0 Å². The lowest BCUT2D eigenvalue weighted by atomic mass is 10.1. The number of benzene rings is 2. The van der Waals surface area contributed by atoms with Crippen LogP contribution in [0.1, 0.15) is 5.56 Å². The van der Waals surface area contributed by atoms with Crippen molar-refractivity contribution in [2.24, 2.45) is 0 Å². The van der Waals surface area contributed by atoms with Crippen molar-refractivity contribution < 1.29 is 18.7 Å². The molecule has 25 heavy (non-hydrogen) atoms. The van der Waals surface area contributed by atoms with E-state index in [9.17, 15) is 4.79 Å². The molecule has 128 valence electrons. The maximum Gasteiger partial charge on any atom is 0.253 e. The van der Waals surface area contributed by atoms with Crippen LogP contribution in [0.15, 0.2) is 52.9 Å². The number of carbonyl (C=O) groups is 1. The SMILES string of the molecule is COCCN1C(=O)COCc2cc(-c3cc4ccccc4o3)ccc21. The summed E-state index contributed by atoms with van der Waals surface area (Å²) < 4.78 is 16.6. The minimum absolute atomic E-state index is 0.0488. The second kappa shape index (κ2) is 6.70. The molecule has 0 bridgehead atoms. The monoisotopic (exact) mass is 337 g/mol. The number of amides is 1. The third-order valence-corrected chi connectivity index (χ3v) is 4.38. The van der Waals surface area contributed by atoms with E-state index in [4.69, 9.17) is 13.9 Å². The summed E-state index contributed by atoms with van der Waals surface area (Å²) in [6.45, 7) is 1.48. The summed E-state index contributed by atoms with van der Waals surface area (Å²) in [6.07, 6.45) is 0. The maximum absolute atomic E-state index is 12.3. The van der Waals surface area contributed by atoms with E-state index >= 15 is 0 Å². The second-order valence-corrected chi connectivity index (χ2v) is 6.02. The minimum atomic E-state index is -0.0488. The Morgan fingerprint density at radius 1 is 1.12 bits per heavy atom. The van der Waals surface area contributed by atoms with Gasteiger partial charge in [-0.05, 0) is 30.3 Å². The highest BCUT2D eigenvalue weighted by atomic mass is 16.5. The van der Waals surface area contributed by atoms with Crippen LogP contribution < -0.4 is 4.90 Å². The van der Waals surface area contributed by atoms with Gasteiger partial charge in [-0.3, -0.25) is 4.79 Å². The fraction of sp³-hybridized carbons (Fsp3) is 0.250. The summed E-state index contributed by atoms with van der Waals surface area (Å²) in [4.78, 5) is 14.0. The third kappa shape index (κ3) is 3.04. The van der Waals surface area contributed by atoms with Gasteiger partial charge in [-0.1, -0.05) is 18.2 Å². The van der Waals surface area contributed by atoms with E-state index in [1.54, 1.807) is 12.0 Å². The second-order valence-electron chi connectivity index (χ2n) is 6.02. The van der Waals surface area contributed by atoms with Gasteiger partial charge in [0.15, 0.2) is 0 Å². The highest BCUT2D eigenvalue weighted by Gasteiger charge is 2.23. The predicted octanol–water partition coefficient (Wildman–Crippen LogP) is 3.61. The summed E-state index contributed by atoms with van der Waals surface area (Å²) >= 11 is 0. The van der Waals surface area contributed by atoms with Crippen molar-refractivity contribution in [2.75, 3.05) is 31.8 Å². The van der Waals surface area contributed by atoms with Crippen LogP contribution in [0.25, 0.3) is 22.3 Å². The van der Waals surface area contributed by atoms with Crippen molar-refractivity contribution in [1.82, 2.24) is 0 Å². The van der Waals surface area contributed by atoms with Gasteiger partial charge in [-0.15, -0.1) is 0 Å². The zero-order chi connectivity index (χ0) is 17.2.